The molecule has 4 rings (SSSR count). The second-order valence-electron chi connectivity index (χ2n) is 6.13. The Bertz CT molecular complexity index is 1210. The summed E-state index contributed by atoms with van der Waals surface area (Å²) in [5, 5.41) is 16.6. The van der Waals surface area contributed by atoms with Gasteiger partial charge < -0.3 is 4.42 Å². The van der Waals surface area contributed by atoms with E-state index in [1.54, 1.807) is 18.2 Å². The van der Waals surface area contributed by atoms with E-state index in [1.807, 2.05) is 37.3 Å². The normalized spacial score (nSPS) is 11.2. The Morgan fingerprint density at radius 2 is 2.03 bits per heavy atom. The lowest BCUT2D eigenvalue weighted by Gasteiger charge is -2.13. The topological polar surface area (TPSA) is 102 Å². The molecule has 0 spiro atoms. The Kier molecular flexibility index (Phi) is 4.88. The van der Waals surface area contributed by atoms with Crippen molar-refractivity contribution >= 4 is 44.7 Å². The molecule has 8 nitrogen and oxygen atoms in total. The maximum atomic E-state index is 13.1. The monoisotopic (exact) mass is 406 g/mol. The quantitative estimate of drug-likeness (QED) is 0.269. The standard InChI is InChI=1S/C20H14N4O4S/c1-13-5-4-6-14(11-13)19(25)23(20-22-16-7-2-3-8-17(16)29-20)21-12-15-9-10-18(28-15)24(26)27/h2-12H,1H3/b21-12-. The molecule has 0 fully saturated rings. The molecule has 0 saturated carbocycles. The molecule has 144 valence electrons. The first-order chi connectivity index (χ1) is 14.0. The average Bonchev–Trinajstić information content (AvgIpc) is 3.35. The third-order valence-corrected chi connectivity index (χ3v) is 5.03. The summed E-state index contributed by atoms with van der Waals surface area (Å²) < 4.78 is 6.00. The van der Waals surface area contributed by atoms with E-state index in [-0.39, 0.29) is 11.7 Å². The fourth-order valence-electron chi connectivity index (χ4n) is 2.66. The first-order valence-corrected chi connectivity index (χ1v) is 9.38. The predicted molar refractivity (Wildman–Crippen MR) is 111 cm³/mol. The second kappa shape index (κ2) is 7.64. The summed E-state index contributed by atoms with van der Waals surface area (Å²) in [5.41, 5.74) is 2.14. The third kappa shape index (κ3) is 3.90. The smallest absolute Gasteiger partial charge is 0.400 e. The molecule has 2 aromatic heterocycles. The van der Waals surface area contributed by atoms with Crippen LogP contribution in [-0.4, -0.2) is 22.0 Å². The molecule has 0 N–H and O–H groups in total. The number of amides is 1. The molecule has 0 atom stereocenters. The van der Waals surface area contributed by atoms with Crippen LogP contribution in [0.3, 0.4) is 0 Å². The fraction of sp³-hybridized carbons (Fsp3) is 0.0500. The molecule has 0 unspecified atom stereocenters. The van der Waals surface area contributed by atoms with Gasteiger partial charge in [0.2, 0.25) is 5.13 Å². The minimum absolute atomic E-state index is 0.153. The van der Waals surface area contributed by atoms with Gasteiger partial charge >= 0.3 is 5.88 Å². The fourth-order valence-corrected chi connectivity index (χ4v) is 3.59. The number of anilines is 1. The zero-order chi connectivity index (χ0) is 20.4. The minimum atomic E-state index is -0.638. The van der Waals surface area contributed by atoms with Gasteiger partial charge in [-0.2, -0.15) is 10.1 Å². The van der Waals surface area contributed by atoms with Gasteiger partial charge in [-0.15, -0.1) is 0 Å². The Hall–Kier alpha value is -3.85. The Balaban J connectivity index is 1.74. The van der Waals surface area contributed by atoms with Crippen LogP contribution in [-0.2, 0) is 0 Å². The van der Waals surface area contributed by atoms with Crippen LogP contribution in [0, 0.1) is 17.0 Å². The molecule has 0 bridgehead atoms. The molecule has 0 aliphatic rings. The van der Waals surface area contributed by atoms with Gasteiger partial charge in [-0.1, -0.05) is 41.2 Å². The molecule has 2 heterocycles. The van der Waals surface area contributed by atoms with E-state index in [9.17, 15) is 14.9 Å². The van der Waals surface area contributed by atoms with Crippen LogP contribution < -0.4 is 5.01 Å². The van der Waals surface area contributed by atoms with E-state index in [0.717, 1.165) is 15.8 Å². The molecular formula is C20H14N4O4S. The molecule has 0 aliphatic carbocycles. The molecule has 1 amide bonds. The number of nitro groups is 1. The van der Waals surface area contributed by atoms with Crippen molar-refractivity contribution in [3.05, 3.63) is 87.7 Å². The van der Waals surface area contributed by atoms with Crippen molar-refractivity contribution in [2.75, 3.05) is 5.01 Å². The Morgan fingerprint density at radius 3 is 2.76 bits per heavy atom. The molecule has 29 heavy (non-hydrogen) atoms. The number of benzene rings is 2. The summed E-state index contributed by atoms with van der Waals surface area (Å²) in [6.07, 6.45) is 1.26. The number of thiazole rings is 1. The summed E-state index contributed by atoms with van der Waals surface area (Å²) in [4.78, 5) is 27.8. The number of carbonyl (C=O) groups is 1. The first-order valence-electron chi connectivity index (χ1n) is 8.56. The summed E-state index contributed by atoms with van der Waals surface area (Å²) in [5.74, 6) is -0.618. The van der Waals surface area contributed by atoms with Crippen LogP contribution in [0.4, 0.5) is 11.0 Å². The summed E-state index contributed by atoms with van der Waals surface area (Å²) >= 11 is 1.32. The van der Waals surface area contributed by atoms with Crippen molar-refractivity contribution in [3.63, 3.8) is 0 Å². The number of hydrogen-bond acceptors (Lipinski definition) is 7. The highest BCUT2D eigenvalue weighted by Crippen LogP contribution is 2.30. The van der Waals surface area contributed by atoms with Crippen LogP contribution in [0.1, 0.15) is 21.7 Å². The van der Waals surface area contributed by atoms with Crippen LogP contribution >= 0.6 is 11.3 Å². The van der Waals surface area contributed by atoms with E-state index in [4.69, 9.17) is 4.42 Å². The van der Waals surface area contributed by atoms with Crippen molar-refractivity contribution in [1.82, 2.24) is 4.98 Å². The van der Waals surface area contributed by atoms with Gasteiger partial charge in [0.25, 0.3) is 5.91 Å². The van der Waals surface area contributed by atoms with E-state index in [1.165, 1.54) is 34.7 Å². The molecule has 9 heteroatoms. The van der Waals surface area contributed by atoms with E-state index in [2.05, 4.69) is 10.1 Å². The Morgan fingerprint density at radius 1 is 1.21 bits per heavy atom. The van der Waals surface area contributed by atoms with Gasteiger partial charge in [-0.25, -0.2) is 4.98 Å². The zero-order valence-electron chi connectivity index (χ0n) is 15.2. The number of rotatable bonds is 5. The lowest BCUT2D eigenvalue weighted by molar-refractivity contribution is -0.402. The predicted octanol–water partition coefficient (Wildman–Crippen LogP) is 4.79. The molecule has 4 aromatic rings. The first kappa shape index (κ1) is 18.5. The van der Waals surface area contributed by atoms with Crippen LogP contribution in [0.2, 0.25) is 0 Å². The van der Waals surface area contributed by atoms with Crippen molar-refractivity contribution in [1.29, 1.82) is 0 Å². The van der Waals surface area contributed by atoms with Gasteiger partial charge in [0, 0.05) is 5.56 Å². The van der Waals surface area contributed by atoms with E-state index in [0.29, 0.717) is 10.7 Å². The number of aryl methyl sites for hydroxylation is 1. The highest BCUT2D eigenvalue weighted by Gasteiger charge is 2.21. The zero-order valence-corrected chi connectivity index (χ0v) is 16.0. The molecular weight excluding hydrogens is 392 g/mol. The number of fused-ring (bicyclic) bond motifs is 1. The van der Waals surface area contributed by atoms with Gasteiger partial charge in [-0.3, -0.25) is 14.9 Å². The van der Waals surface area contributed by atoms with E-state index < -0.39 is 10.8 Å². The largest absolute Gasteiger partial charge is 0.433 e. The van der Waals surface area contributed by atoms with Crippen LogP contribution in [0.25, 0.3) is 10.2 Å². The molecule has 2 aromatic carbocycles. The van der Waals surface area contributed by atoms with Gasteiger partial charge in [0.05, 0.1) is 22.5 Å². The highest BCUT2D eigenvalue weighted by molar-refractivity contribution is 7.22. The number of aromatic nitrogens is 1. The number of furan rings is 1. The van der Waals surface area contributed by atoms with Gasteiger partial charge in [-0.05, 0) is 37.3 Å². The van der Waals surface area contributed by atoms with Gasteiger partial charge in [0.1, 0.15) is 4.92 Å². The number of hydrazone groups is 1. The second-order valence-corrected chi connectivity index (χ2v) is 7.14. The van der Waals surface area contributed by atoms with Crippen LogP contribution in [0.15, 0.2) is 70.2 Å². The average molecular weight is 406 g/mol. The highest BCUT2D eigenvalue weighted by atomic mass is 32.1. The van der Waals surface area contributed by atoms with E-state index >= 15 is 0 Å². The third-order valence-electron chi connectivity index (χ3n) is 4.01. The minimum Gasteiger partial charge on any atom is -0.400 e. The summed E-state index contributed by atoms with van der Waals surface area (Å²) in [6, 6.07) is 17.3. The van der Waals surface area contributed by atoms with Gasteiger partial charge in [0.15, 0.2) is 5.76 Å². The van der Waals surface area contributed by atoms with Crippen molar-refractivity contribution in [3.8, 4) is 0 Å². The number of nitrogens with zero attached hydrogens (tertiary/aromatic N) is 4. The van der Waals surface area contributed by atoms with Crippen LogP contribution in [0.5, 0.6) is 0 Å². The van der Waals surface area contributed by atoms with Crippen molar-refractivity contribution < 1.29 is 14.1 Å². The summed E-state index contributed by atoms with van der Waals surface area (Å²) in [6.45, 7) is 1.89. The SMILES string of the molecule is Cc1cccc(C(=O)N(/N=C\c2ccc([N+](=O)[O-])o2)c2nc3ccccc3s2)c1. The maximum Gasteiger partial charge on any atom is 0.433 e. The molecule has 0 saturated heterocycles. The Labute approximate surface area is 168 Å². The molecule has 0 aliphatic heterocycles. The number of para-hydroxylation sites is 1. The lowest BCUT2D eigenvalue weighted by atomic mass is 10.1. The maximum absolute atomic E-state index is 13.1. The van der Waals surface area contributed by atoms with Crippen molar-refractivity contribution in [2.24, 2.45) is 5.10 Å². The number of carbonyl (C=O) groups excluding carboxylic acids is 1. The number of hydrogen-bond donors (Lipinski definition) is 0. The molecule has 0 radical (unpaired) electrons. The lowest BCUT2D eigenvalue weighted by Crippen LogP contribution is -2.25. The van der Waals surface area contributed by atoms with Crippen molar-refractivity contribution in [2.45, 2.75) is 6.92 Å². The summed E-state index contributed by atoms with van der Waals surface area (Å²) in [7, 11) is 0.